The van der Waals surface area contributed by atoms with Crippen molar-refractivity contribution in [3.63, 3.8) is 0 Å². The fraction of sp³-hybridized carbons (Fsp3) is 0.478. The van der Waals surface area contributed by atoms with Crippen molar-refractivity contribution >= 4 is 5.57 Å². The number of rotatable bonds is 6. The molecule has 0 saturated carbocycles. The van der Waals surface area contributed by atoms with Crippen LogP contribution in [0.15, 0.2) is 53.5 Å². The zero-order valence-corrected chi connectivity index (χ0v) is 18.2. The van der Waals surface area contributed by atoms with E-state index >= 15 is 0 Å². The van der Waals surface area contributed by atoms with Gasteiger partial charge in [-0.1, -0.05) is 19.9 Å². The summed E-state index contributed by atoms with van der Waals surface area (Å²) in [4.78, 5) is 14.4. The molecule has 30 heavy (non-hydrogen) atoms. The number of nitrogens with one attached hydrogen (secondary N) is 1. The quantitative estimate of drug-likeness (QED) is 0.795. The number of hydrogen-bond donors (Lipinski definition) is 1. The maximum absolute atomic E-state index is 12.1. The lowest BCUT2D eigenvalue weighted by molar-refractivity contribution is 0.189. The summed E-state index contributed by atoms with van der Waals surface area (Å²) in [6, 6.07) is 4.03. The lowest BCUT2D eigenvalue weighted by atomic mass is 9.98. The van der Waals surface area contributed by atoms with Crippen LogP contribution < -0.4 is 10.9 Å². The molecule has 1 fully saturated rings. The SMILES string of the molecule is CC(C)Cn1cc(-n2cc(C3=CC=C(NC4CCOC4)N(C)C3C)cn2)ccc1=O. The van der Waals surface area contributed by atoms with Gasteiger partial charge in [0.15, 0.2) is 0 Å². The van der Waals surface area contributed by atoms with Crippen molar-refractivity contribution in [3.8, 4) is 5.69 Å². The van der Waals surface area contributed by atoms with Crippen LogP contribution in [0, 0.1) is 5.92 Å². The number of nitrogens with zero attached hydrogens (tertiary/aromatic N) is 4. The number of aromatic nitrogens is 3. The predicted octanol–water partition coefficient (Wildman–Crippen LogP) is 2.63. The van der Waals surface area contributed by atoms with Gasteiger partial charge in [0.25, 0.3) is 5.56 Å². The average Bonchev–Trinajstić information content (AvgIpc) is 3.39. The van der Waals surface area contributed by atoms with Crippen LogP contribution in [0.5, 0.6) is 0 Å². The molecule has 0 radical (unpaired) electrons. The second-order valence-corrected chi connectivity index (χ2v) is 8.61. The molecule has 1 N–H and O–H groups in total. The van der Waals surface area contributed by atoms with Crippen LogP contribution in [-0.4, -0.2) is 51.6 Å². The first-order valence-electron chi connectivity index (χ1n) is 10.7. The molecule has 0 aromatic carbocycles. The molecule has 7 nitrogen and oxygen atoms in total. The molecule has 0 spiro atoms. The average molecular weight is 410 g/mol. The second-order valence-electron chi connectivity index (χ2n) is 8.61. The summed E-state index contributed by atoms with van der Waals surface area (Å²) < 4.78 is 9.07. The van der Waals surface area contributed by atoms with E-state index in [1.54, 1.807) is 10.6 Å². The number of allylic oxidation sites excluding steroid dienone is 2. The molecule has 2 aromatic rings. The molecular formula is C23H31N5O2. The summed E-state index contributed by atoms with van der Waals surface area (Å²) in [6.07, 6.45) is 11.2. The molecule has 4 heterocycles. The molecule has 160 valence electrons. The van der Waals surface area contributed by atoms with Crippen molar-refractivity contribution in [1.29, 1.82) is 0 Å². The molecular weight excluding hydrogens is 378 g/mol. The van der Waals surface area contributed by atoms with E-state index in [4.69, 9.17) is 4.74 Å². The molecule has 2 atom stereocenters. The highest BCUT2D eigenvalue weighted by atomic mass is 16.5. The highest BCUT2D eigenvalue weighted by Gasteiger charge is 2.25. The minimum absolute atomic E-state index is 0.0166. The van der Waals surface area contributed by atoms with E-state index in [2.05, 4.69) is 55.3 Å². The summed E-state index contributed by atoms with van der Waals surface area (Å²) in [7, 11) is 2.11. The van der Waals surface area contributed by atoms with Gasteiger partial charge in [-0.15, -0.1) is 0 Å². The third-order valence-corrected chi connectivity index (χ3v) is 5.82. The van der Waals surface area contributed by atoms with Gasteiger partial charge in [0.2, 0.25) is 0 Å². The van der Waals surface area contributed by atoms with Crippen LogP contribution in [0.1, 0.15) is 32.8 Å². The molecule has 0 bridgehead atoms. The molecule has 1 saturated heterocycles. The highest BCUT2D eigenvalue weighted by Crippen LogP contribution is 2.28. The summed E-state index contributed by atoms with van der Waals surface area (Å²) in [5.74, 6) is 1.52. The Kier molecular flexibility index (Phi) is 5.81. The van der Waals surface area contributed by atoms with Gasteiger partial charge >= 0.3 is 0 Å². The summed E-state index contributed by atoms with van der Waals surface area (Å²) >= 11 is 0. The fourth-order valence-electron chi connectivity index (χ4n) is 3.99. The molecule has 0 amide bonds. The van der Waals surface area contributed by atoms with E-state index in [-0.39, 0.29) is 11.6 Å². The maximum Gasteiger partial charge on any atom is 0.250 e. The predicted molar refractivity (Wildman–Crippen MR) is 118 cm³/mol. The molecule has 2 aliphatic rings. The van der Waals surface area contributed by atoms with Gasteiger partial charge in [0.05, 0.1) is 30.6 Å². The normalized spacial score (nSPS) is 21.7. The largest absolute Gasteiger partial charge is 0.379 e. The van der Waals surface area contributed by atoms with E-state index < -0.39 is 0 Å². The number of hydrogen-bond acceptors (Lipinski definition) is 5. The molecule has 0 aliphatic carbocycles. The lowest BCUT2D eigenvalue weighted by Crippen LogP contribution is -2.41. The van der Waals surface area contributed by atoms with Crippen molar-refractivity contribution in [3.05, 3.63) is 64.6 Å². The Hall–Kier alpha value is -2.80. The lowest BCUT2D eigenvalue weighted by Gasteiger charge is -2.35. The van der Waals surface area contributed by atoms with Crippen molar-refractivity contribution in [2.75, 3.05) is 20.3 Å². The highest BCUT2D eigenvalue weighted by molar-refractivity contribution is 5.71. The zero-order chi connectivity index (χ0) is 21.3. The summed E-state index contributed by atoms with van der Waals surface area (Å²) in [5, 5.41) is 8.15. The first kappa shape index (κ1) is 20.5. The van der Waals surface area contributed by atoms with Crippen molar-refractivity contribution in [2.45, 2.75) is 45.8 Å². The minimum atomic E-state index is 0.0166. The number of likely N-dealkylation sites (N-methyl/N-ethyl adjacent to an activating group) is 1. The Morgan fingerprint density at radius 2 is 2.10 bits per heavy atom. The third-order valence-electron chi connectivity index (χ3n) is 5.82. The van der Waals surface area contributed by atoms with E-state index in [0.717, 1.165) is 36.7 Å². The van der Waals surface area contributed by atoms with Gasteiger partial charge in [0, 0.05) is 44.2 Å². The number of pyridine rings is 1. The second kappa shape index (κ2) is 8.52. The van der Waals surface area contributed by atoms with Crippen LogP contribution in [0.3, 0.4) is 0 Å². The van der Waals surface area contributed by atoms with Crippen molar-refractivity contribution in [2.24, 2.45) is 5.92 Å². The summed E-state index contributed by atoms with van der Waals surface area (Å²) in [6.45, 7) is 8.70. The van der Waals surface area contributed by atoms with Crippen molar-refractivity contribution in [1.82, 2.24) is 24.6 Å². The molecule has 4 rings (SSSR count). The molecule has 2 aromatic heterocycles. The third kappa shape index (κ3) is 4.21. The van der Waals surface area contributed by atoms with Crippen LogP contribution in [0.4, 0.5) is 0 Å². The maximum atomic E-state index is 12.1. The first-order chi connectivity index (χ1) is 14.4. The standard InChI is InChI=1S/C23H31N5O2/c1-16(2)12-27-14-20(5-8-23(27)29)28-13-18(11-24-28)21-6-7-22(26(4)17(21)3)25-19-9-10-30-15-19/h5-8,11,13-14,16-17,19,25H,9-10,12,15H2,1-4H3. The Morgan fingerprint density at radius 1 is 1.27 bits per heavy atom. The fourth-order valence-corrected chi connectivity index (χ4v) is 3.99. The molecule has 2 unspecified atom stereocenters. The van der Waals surface area contributed by atoms with Gasteiger partial charge in [0.1, 0.15) is 5.82 Å². The van der Waals surface area contributed by atoms with Crippen molar-refractivity contribution < 1.29 is 4.74 Å². The van der Waals surface area contributed by atoms with E-state index in [0.29, 0.717) is 18.5 Å². The van der Waals surface area contributed by atoms with Gasteiger partial charge in [-0.2, -0.15) is 5.10 Å². The van der Waals surface area contributed by atoms with Crippen LogP contribution in [-0.2, 0) is 11.3 Å². The van der Waals surface area contributed by atoms with Crippen LogP contribution in [0.2, 0.25) is 0 Å². The van der Waals surface area contributed by atoms with Gasteiger partial charge in [-0.3, -0.25) is 4.79 Å². The van der Waals surface area contributed by atoms with Gasteiger partial charge < -0.3 is 19.5 Å². The minimum Gasteiger partial charge on any atom is -0.379 e. The first-order valence-corrected chi connectivity index (χ1v) is 10.7. The topological polar surface area (TPSA) is 64.3 Å². The number of ether oxygens (including phenoxy) is 1. The Labute approximate surface area is 177 Å². The van der Waals surface area contributed by atoms with Crippen LogP contribution in [0.25, 0.3) is 11.3 Å². The molecule has 7 heteroatoms. The van der Waals surface area contributed by atoms with Gasteiger partial charge in [-0.25, -0.2) is 4.68 Å². The Balaban J connectivity index is 1.57. The van der Waals surface area contributed by atoms with E-state index in [1.807, 2.05) is 29.3 Å². The van der Waals surface area contributed by atoms with E-state index in [9.17, 15) is 4.79 Å². The van der Waals surface area contributed by atoms with Gasteiger partial charge in [-0.05, 0) is 37.0 Å². The summed E-state index contributed by atoms with van der Waals surface area (Å²) in [5.41, 5.74) is 3.20. The smallest absolute Gasteiger partial charge is 0.250 e. The Morgan fingerprint density at radius 3 is 2.83 bits per heavy atom. The zero-order valence-electron chi connectivity index (χ0n) is 18.2. The van der Waals surface area contributed by atoms with E-state index in [1.165, 1.54) is 5.57 Å². The Bertz CT molecular complexity index is 1010. The monoisotopic (exact) mass is 409 g/mol. The van der Waals surface area contributed by atoms with Crippen LogP contribution >= 0.6 is 0 Å². The molecule has 2 aliphatic heterocycles.